The molecule has 1 fully saturated rings. The van der Waals surface area contributed by atoms with Crippen molar-refractivity contribution in [3.63, 3.8) is 0 Å². The van der Waals surface area contributed by atoms with Gasteiger partial charge in [0, 0.05) is 31.5 Å². The number of likely N-dealkylation sites (N-methyl/N-ethyl adjacent to an activating group) is 1. The van der Waals surface area contributed by atoms with Crippen LogP contribution in [0.3, 0.4) is 0 Å². The molecule has 1 aromatic heterocycles. The number of nitrogens with one attached hydrogen (secondary N) is 1. The van der Waals surface area contributed by atoms with Gasteiger partial charge in [-0.05, 0) is 26.4 Å². The van der Waals surface area contributed by atoms with Crippen molar-refractivity contribution in [3.8, 4) is 0 Å². The van der Waals surface area contributed by atoms with E-state index in [9.17, 15) is 0 Å². The fraction of sp³-hybridized carbons (Fsp3) is 0.750. The molecule has 0 spiro atoms. The van der Waals surface area contributed by atoms with E-state index in [2.05, 4.69) is 39.9 Å². The first-order valence-corrected chi connectivity index (χ1v) is 6.21. The Hall–Kier alpha value is -0.870. The summed E-state index contributed by atoms with van der Waals surface area (Å²) in [5.74, 6) is 1.16. The molecule has 0 bridgehead atoms. The normalized spacial score (nSPS) is 21.8. The number of aryl methyl sites for hydroxylation is 1. The zero-order valence-electron chi connectivity index (χ0n) is 10.3. The van der Waals surface area contributed by atoms with Crippen LogP contribution in [-0.2, 0) is 13.1 Å². The van der Waals surface area contributed by atoms with E-state index < -0.39 is 0 Å². The maximum atomic E-state index is 4.40. The van der Waals surface area contributed by atoms with E-state index in [-0.39, 0.29) is 0 Å². The van der Waals surface area contributed by atoms with E-state index in [0.29, 0.717) is 6.04 Å². The van der Waals surface area contributed by atoms with Crippen LogP contribution in [-0.4, -0.2) is 40.6 Å². The van der Waals surface area contributed by atoms with Crippen molar-refractivity contribution in [1.29, 1.82) is 0 Å². The second kappa shape index (κ2) is 5.46. The molecule has 16 heavy (non-hydrogen) atoms. The third-order valence-electron chi connectivity index (χ3n) is 3.21. The van der Waals surface area contributed by atoms with Gasteiger partial charge in [0.2, 0.25) is 0 Å². The smallest absolute Gasteiger partial charge is 0.122 e. The van der Waals surface area contributed by atoms with Gasteiger partial charge < -0.3 is 14.8 Å². The van der Waals surface area contributed by atoms with Crippen LogP contribution in [0, 0.1) is 0 Å². The predicted octanol–water partition coefficient (Wildman–Crippen LogP) is 1.09. The first-order chi connectivity index (χ1) is 7.79. The van der Waals surface area contributed by atoms with Crippen molar-refractivity contribution < 1.29 is 0 Å². The number of hydrogen-bond acceptors (Lipinski definition) is 3. The molecular formula is C12H22N4. The third kappa shape index (κ3) is 2.83. The summed E-state index contributed by atoms with van der Waals surface area (Å²) < 4.78 is 2.24. The quantitative estimate of drug-likeness (QED) is 0.809. The Bertz CT molecular complexity index is 321. The van der Waals surface area contributed by atoms with Gasteiger partial charge in [0.05, 0.1) is 6.54 Å². The summed E-state index contributed by atoms with van der Waals surface area (Å²) in [6, 6.07) is 0.636. The van der Waals surface area contributed by atoms with Crippen LogP contribution in [0.1, 0.15) is 25.6 Å². The fourth-order valence-corrected chi connectivity index (χ4v) is 2.29. The lowest BCUT2D eigenvalue weighted by molar-refractivity contribution is 0.395. The van der Waals surface area contributed by atoms with E-state index in [0.717, 1.165) is 31.9 Å². The van der Waals surface area contributed by atoms with Crippen molar-refractivity contribution in [3.05, 3.63) is 18.2 Å². The van der Waals surface area contributed by atoms with E-state index in [1.165, 1.54) is 13.0 Å². The van der Waals surface area contributed by atoms with Gasteiger partial charge in [-0.15, -0.1) is 0 Å². The molecule has 0 aromatic carbocycles. The summed E-state index contributed by atoms with van der Waals surface area (Å²) in [5.41, 5.74) is 0. The van der Waals surface area contributed by atoms with Gasteiger partial charge in [0.1, 0.15) is 5.82 Å². The second-order valence-corrected chi connectivity index (χ2v) is 4.67. The lowest BCUT2D eigenvalue weighted by Gasteiger charge is -2.13. The zero-order valence-corrected chi connectivity index (χ0v) is 10.3. The van der Waals surface area contributed by atoms with Crippen LogP contribution in [0.4, 0.5) is 0 Å². The number of hydrogen-bond donors (Lipinski definition) is 1. The molecule has 1 aliphatic rings. The van der Waals surface area contributed by atoms with Crippen LogP contribution in [0.15, 0.2) is 12.4 Å². The largest absolute Gasteiger partial charge is 0.334 e. The molecule has 1 saturated heterocycles. The fourth-order valence-electron chi connectivity index (χ4n) is 2.29. The minimum absolute atomic E-state index is 0.636. The molecule has 1 aromatic rings. The predicted molar refractivity (Wildman–Crippen MR) is 65.3 cm³/mol. The molecule has 0 amide bonds. The van der Waals surface area contributed by atoms with E-state index >= 15 is 0 Å². The molecule has 1 N–H and O–H groups in total. The number of likely N-dealkylation sites (tertiary alicyclic amines) is 1. The van der Waals surface area contributed by atoms with Crippen molar-refractivity contribution >= 4 is 0 Å². The van der Waals surface area contributed by atoms with Gasteiger partial charge in [-0.25, -0.2) is 4.98 Å². The summed E-state index contributed by atoms with van der Waals surface area (Å²) in [6.45, 7) is 6.53. The monoisotopic (exact) mass is 222 g/mol. The van der Waals surface area contributed by atoms with Crippen LogP contribution >= 0.6 is 0 Å². The lowest BCUT2D eigenvalue weighted by Crippen LogP contribution is -2.31. The number of nitrogens with zero attached hydrogens (tertiary/aromatic N) is 3. The highest BCUT2D eigenvalue weighted by atomic mass is 15.2. The second-order valence-electron chi connectivity index (χ2n) is 4.67. The van der Waals surface area contributed by atoms with E-state index in [4.69, 9.17) is 0 Å². The molecule has 1 aliphatic heterocycles. The molecule has 4 heteroatoms. The zero-order chi connectivity index (χ0) is 11.4. The Morgan fingerprint density at radius 3 is 3.12 bits per heavy atom. The van der Waals surface area contributed by atoms with Crippen molar-refractivity contribution in [1.82, 2.24) is 19.8 Å². The summed E-state index contributed by atoms with van der Waals surface area (Å²) in [6.07, 6.45) is 6.38. The Morgan fingerprint density at radius 2 is 2.44 bits per heavy atom. The molecule has 4 nitrogen and oxygen atoms in total. The lowest BCUT2D eigenvalue weighted by atomic mass is 10.2. The molecule has 90 valence electrons. The summed E-state index contributed by atoms with van der Waals surface area (Å²) >= 11 is 0. The minimum atomic E-state index is 0.636. The standard InChI is InChI=1S/C12H22N4/c1-3-6-16-8-5-13-12(16)9-14-11-4-7-15(2)10-11/h5,8,11,14H,3-4,6-7,9-10H2,1-2H3. The maximum Gasteiger partial charge on any atom is 0.122 e. The molecule has 1 atom stereocenters. The summed E-state index contributed by atoms with van der Waals surface area (Å²) in [7, 11) is 2.18. The highest BCUT2D eigenvalue weighted by Gasteiger charge is 2.18. The van der Waals surface area contributed by atoms with Crippen LogP contribution < -0.4 is 5.32 Å². The molecule has 0 aliphatic carbocycles. The molecule has 0 saturated carbocycles. The molecule has 2 rings (SSSR count). The van der Waals surface area contributed by atoms with Gasteiger partial charge in [0.15, 0.2) is 0 Å². The molecular weight excluding hydrogens is 200 g/mol. The summed E-state index contributed by atoms with van der Waals surface area (Å²) in [4.78, 5) is 6.77. The third-order valence-corrected chi connectivity index (χ3v) is 3.21. The Kier molecular flexibility index (Phi) is 3.96. The molecule has 0 radical (unpaired) electrons. The van der Waals surface area contributed by atoms with Gasteiger partial charge in [-0.1, -0.05) is 6.92 Å². The highest BCUT2D eigenvalue weighted by molar-refractivity contribution is 4.93. The Morgan fingerprint density at radius 1 is 1.56 bits per heavy atom. The average Bonchev–Trinajstić information content (AvgIpc) is 2.85. The van der Waals surface area contributed by atoms with Crippen LogP contribution in [0.25, 0.3) is 0 Å². The van der Waals surface area contributed by atoms with Crippen molar-refractivity contribution in [2.75, 3.05) is 20.1 Å². The van der Waals surface area contributed by atoms with E-state index in [1.807, 2.05) is 6.20 Å². The van der Waals surface area contributed by atoms with Gasteiger partial charge in [0.25, 0.3) is 0 Å². The van der Waals surface area contributed by atoms with Crippen molar-refractivity contribution in [2.45, 2.75) is 38.9 Å². The van der Waals surface area contributed by atoms with Gasteiger partial charge in [-0.3, -0.25) is 0 Å². The highest BCUT2D eigenvalue weighted by Crippen LogP contribution is 2.07. The van der Waals surface area contributed by atoms with Gasteiger partial charge >= 0.3 is 0 Å². The number of imidazole rings is 1. The first-order valence-electron chi connectivity index (χ1n) is 6.21. The Balaban J connectivity index is 1.82. The van der Waals surface area contributed by atoms with Crippen LogP contribution in [0.5, 0.6) is 0 Å². The summed E-state index contributed by atoms with van der Waals surface area (Å²) in [5, 5.41) is 3.59. The maximum absolute atomic E-state index is 4.40. The SMILES string of the molecule is CCCn1ccnc1CNC1CCN(C)C1. The molecule has 2 heterocycles. The average molecular weight is 222 g/mol. The number of aromatic nitrogens is 2. The topological polar surface area (TPSA) is 33.1 Å². The number of rotatable bonds is 5. The van der Waals surface area contributed by atoms with Gasteiger partial charge in [-0.2, -0.15) is 0 Å². The molecule has 1 unspecified atom stereocenters. The van der Waals surface area contributed by atoms with Crippen LogP contribution in [0.2, 0.25) is 0 Å². The van der Waals surface area contributed by atoms with E-state index in [1.54, 1.807) is 0 Å². The first kappa shape index (κ1) is 11.6. The Labute approximate surface area is 97.7 Å². The van der Waals surface area contributed by atoms with Crippen molar-refractivity contribution in [2.24, 2.45) is 0 Å². The minimum Gasteiger partial charge on any atom is -0.334 e.